The van der Waals surface area contributed by atoms with Crippen LogP contribution in [0.2, 0.25) is 0 Å². The maximum atomic E-state index is 6.23. The van der Waals surface area contributed by atoms with Gasteiger partial charge >= 0.3 is 0 Å². The van der Waals surface area contributed by atoms with E-state index in [4.69, 9.17) is 5.73 Å². The van der Waals surface area contributed by atoms with Gasteiger partial charge in [-0.05, 0) is 18.1 Å². The monoisotopic (exact) mass is 230 g/mol. The summed E-state index contributed by atoms with van der Waals surface area (Å²) in [6.07, 6.45) is 2.80. The van der Waals surface area contributed by atoms with Gasteiger partial charge in [0.1, 0.15) is 0 Å². The van der Waals surface area contributed by atoms with Crippen LogP contribution in [0.15, 0.2) is 36.5 Å². The summed E-state index contributed by atoms with van der Waals surface area (Å²) < 4.78 is 1.82. The van der Waals surface area contributed by atoms with Crippen molar-refractivity contribution in [3.63, 3.8) is 0 Å². The number of rotatable bonds is 4. The SMILES string of the molecule is CCC(C)C(N)c1cnnn1-c1ccccc1. The van der Waals surface area contributed by atoms with E-state index in [1.165, 1.54) is 0 Å². The fourth-order valence-electron chi connectivity index (χ4n) is 1.79. The van der Waals surface area contributed by atoms with E-state index in [0.717, 1.165) is 17.8 Å². The molecule has 0 bridgehead atoms. The van der Waals surface area contributed by atoms with Gasteiger partial charge in [-0.1, -0.05) is 43.7 Å². The smallest absolute Gasteiger partial charge is 0.0815 e. The molecule has 2 atom stereocenters. The van der Waals surface area contributed by atoms with Crippen molar-refractivity contribution in [1.82, 2.24) is 15.0 Å². The second kappa shape index (κ2) is 5.10. The van der Waals surface area contributed by atoms with Crippen molar-refractivity contribution in [2.75, 3.05) is 0 Å². The minimum Gasteiger partial charge on any atom is -0.322 e. The molecule has 1 heterocycles. The van der Waals surface area contributed by atoms with Gasteiger partial charge in [-0.25, -0.2) is 4.68 Å². The van der Waals surface area contributed by atoms with E-state index in [0.29, 0.717) is 5.92 Å². The first-order valence-electron chi connectivity index (χ1n) is 5.95. The number of nitrogens with two attached hydrogens (primary N) is 1. The number of hydrogen-bond donors (Lipinski definition) is 1. The van der Waals surface area contributed by atoms with Crippen molar-refractivity contribution in [3.8, 4) is 5.69 Å². The molecule has 2 aromatic rings. The first-order valence-corrected chi connectivity index (χ1v) is 5.95. The molecule has 0 fully saturated rings. The molecule has 1 aromatic carbocycles. The molecule has 17 heavy (non-hydrogen) atoms. The summed E-state index contributed by atoms with van der Waals surface area (Å²) in [5.41, 5.74) is 8.19. The molecule has 1 aromatic heterocycles. The molecule has 0 saturated heterocycles. The van der Waals surface area contributed by atoms with Crippen LogP contribution in [0.25, 0.3) is 5.69 Å². The summed E-state index contributed by atoms with van der Waals surface area (Å²) in [6.45, 7) is 4.29. The third kappa shape index (κ3) is 2.36. The van der Waals surface area contributed by atoms with Gasteiger partial charge in [-0.15, -0.1) is 5.10 Å². The molecule has 2 N–H and O–H groups in total. The highest BCUT2D eigenvalue weighted by Crippen LogP contribution is 2.22. The molecule has 2 unspecified atom stereocenters. The van der Waals surface area contributed by atoms with Crippen LogP contribution >= 0.6 is 0 Å². The number of para-hydroxylation sites is 1. The van der Waals surface area contributed by atoms with Crippen LogP contribution in [0.3, 0.4) is 0 Å². The molecule has 2 rings (SSSR count). The topological polar surface area (TPSA) is 56.7 Å². The molecule has 4 nitrogen and oxygen atoms in total. The average molecular weight is 230 g/mol. The first-order chi connectivity index (χ1) is 8.24. The van der Waals surface area contributed by atoms with Crippen LogP contribution in [-0.4, -0.2) is 15.0 Å². The number of nitrogens with zero attached hydrogens (tertiary/aromatic N) is 3. The molecule has 90 valence electrons. The predicted molar refractivity (Wildman–Crippen MR) is 67.7 cm³/mol. The summed E-state index contributed by atoms with van der Waals surface area (Å²) in [5.74, 6) is 0.413. The largest absolute Gasteiger partial charge is 0.322 e. The fraction of sp³-hybridized carbons (Fsp3) is 0.385. The van der Waals surface area contributed by atoms with E-state index < -0.39 is 0 Å². The zero-order valence-corrected chi connectivity index (χ0v) is 10.2. The molecule has 0 saturated carbocycles. The highest BCUT2D eigenvalue weighted by molar-refractivity contribution is 5.32. The molecule has 0 spiro atoms. The van der Waals surface area contributed by atoms with Crippen LogP contribution in [0.5, 0.6) is 0 Å². The van der Waals surface area contributed by atoms with Crippen molar-refractivity contribution < 1.29 is 0 Å². The second-order valence-electron chi connectivity index (χ2n) is 4.32. The van der Waals surface area contributed by atoms with Crippen molar-refractivity contribution in [3.05, 3.63) is 42.2 Å². The lowest BCUT2D eigenvalue weighted by Gasteiger charge is -2.18. The molecular weight excluding hydrogens is 212 g/mol. The summed E-state index contributed by atoms with van der Waals surface area (Å²) in [7, 11) is 0. The minimum atomic E-state index is -0.0322. The number of aromatic nitrogens is 3. The third-order valence-electron chi connectivity index (χ3n) is 3.17. The summed E-state index contributed by atoms with van der Waals surface area (Å²) in [5, 5.41) is 8.08. The summed E-state index contributed by atoms with van der Waals surface area (Å²) >= 11 is 0. The lowest BCUT2D eigenvalue weighted by Crippen LogP contribution is -2.21. The van der Waals surface area contributed by atoms with E-state index in [1.807, 2.05) is 35.0 Å². The molecule has 0 aliphatic heterocycles. The van der Waals surface area contributed by atoms with Crippen molar-refractivity contribution in [1.29, 1.82) is 0 Å². The molecular formula is C13H18N4. The Bertz CT molecular complexity index is 463. The van der Waals surface area contributed by atoms with Gasteiger partial charge < -0.3 is 5.73 Å². The van der Waals surface area contributed by atoms with Gasteiger partial charge in [0.2, 0.25) is 0 Å². The Hall–Kier alpha value is -1.68. The second-order valence-corrected chi connectivity index (χ2v) is 4.32. The van der Waals surface area contributed by atoms with Gasteiger partial charge in [0.25, 0.3) is 0 Å². The van der Waals surface area contributed by atoms with Crippen molar-refractivity contribution >= 4 is 0 Å². The first kappa shape index (κ1) is 11.8. The highest BCUT2D eigenvalue weighted by Gasteiger charge is 2.18. The van der Waals surface area contributed by atoms with Crippen molar-refractivity contribution in [2.24, 2.45) is 11.7 Å². The maximum Gasteiger partial charge on any atom is 0.0815 e. The highest BCUT2D eigenvalue weighted by atomic mass is 15.4. The van der Waals surface area contributed by atoms with Gasteiger partial charge in [-0.2, -0.15) is 0 Å². The Balaban J connectivity index is 2.35. The number of hydrogen-bond acceptors (Lipinski definition) is 3. The van der Waals surface area contributed by atoms with E-state index in [9.17, 15) is 0 Å². The summed E-state index contributed by atoms with van der Waals surface area (Å²) in [6, 6.07) is 9.92. The molecule has 0 aliphatic rings. The minimum absolute atomic E-state index is 0.0322. The Morgan fingerprint density at radius 2 is 2.00 bits per heavy atom. The Kier molecular flexibility index (Phi) is 3.54. The van der Waals surface area contributed by atoms with Crippen LogP contribution < -0.4 is 5.73 Å². The Morgan fingerprint density at radius 1 is 1.29 bits per heavy atom. The molecule has 0 aliphatic carbocycles. The number of benzene rings is 1. The van der Waals surface area contributed by atoms with E-state index in [1.54, 1.807) is 6.20 Å². The zero-order chi connectivity index (χ0) is 12.3. The molecule has 0 amide bonds. The average Bonchev–Trinajstić information content (AvgIpc) is 2.87. The molecule has 4 heteroatoms. The zero-order valence-electron chi connectivity index (χ0n) is 10.2. The van der Waals surface area contributed by atoms with Crippen LogP contribution in [-0.2, 0) is 0 Å². The summed E-state index contributed by atoms with van der Waals surface area (Å²) in [4.78, 5) is 0. The van der Waals surface area contributed by atoms with Crippen LogP contribution in [0.1, 0.15) is 32.0 Å². The Labute approximate surface area is 101 Å². The quantitative estimate of drug-likeness (QED) is 0.876. The lowest BCUT2D eigenvalue weighted by molar-refractivity contribution is 0.440. The van der Waals surface area contributed by atoms with Gasteiger partial charge in [-0.3, -0.25) is 0 Å². The van der Waals surface area contributed by atoms with Gasteiger partial charge in [0, 0.05) is 0 Å². The third-order valence-corrected chi connectivity index (χ3v) is 3.17. The fourth-order valence-corrected chi connectivity index (χ4v) is 1.79. The van der Waals surface area contributed by atoms with Gasteiger partial charge in [0.05, 0.1) is 23.6 Å². The van der Waals surface area contributed by atoms with E-state index in [-0.39, 0.29) is 6.04 Å². The molecule has 0 radical (unpaired) electrons. The van der Waals surface area contributed by atoms with E-state index >= 15 is 0 Å². The lowest BCUT2D eigenvalue weighted by atomic mass is 9.97. The predicted octanol–water partition coefficient (Wildman–Crippen LogP) is 2.31. The van der Waals surface area contributed by atoms with Crippen LogP contribution in [0.4, 0.5) is 0 Å². The standard InChI is InChI=1S/C13H18N4/c1-3-10(2)13(14)12-9-15-16-17(12)11-7-5-4-6-8-11/h4-10,13H,3,14H2,1-2H3. The van der Waals surface area contributed by atoms with Crippen LogP contribution in [0, 0.1) is 5.92 Å². The van der Waals surface area contributed by atoms with E-state index in [2.05, 4.69) is 24.2 Å². The van der Waals surface area contributed by atoms with Gasteiger partial charge in [0.15, 0.2) is 0 Å². The van der Waals surface area contributed by atoms with Crippen molar-refractivity contribution in [2.45, 2.75) is 26.3 Å². The maximum absolute atomic E-state index is 6.23. The normalized spacial score (nSPS) is 14.5. The Morgan fingerprint density at radius 3 is 2.65 bits per heavy atom.